The number of hydrogen-bond acceptors (Lipinski definition) is 6. The molecule has 2 aromatic carbocycles. The molecular formula is C28H34F2N2O4S2. The van der Waals surface area contributed by atoms with Crippen LogP contribution in [0.5, 0.6) is 0 Å². The van der Waals surface area contributed by atoms with Gasteiger partial charge >= 0.3 is 0 Å². The summed E-state index contributed by atoms with van der Waals surface area (Å²) >= 11 is 1.56. The zero-order valence-corrected chi connectivity index (χ0v) is 22.8. The van der Waals surface area contributed by atoms with Crippen molar-refractivity contribution in [3.05, 3.63) is 92.7 Å². The maximum absolute atomic E-state index is 13.8. The first-order chi connectivity index (χ1) is 18.1. The number of hydrogen-bond donors (Lipinski definition) is 5. The lowest BCUT2D eigenvalue weighted by Gasteiger charge is -2.42. The van der Waals surface area contributed by atoms with Crippen LogP contribution in [0.4, 0.5) is 8.78 Å². The molecule has 5 N–H and O–H groups in total. The van der Waals surface area contributed by atoms with Crippen LogP contribution in [0.25, 0.3) is 0 Å². The first-order valence-corrected chi connectivity index (χ1v) is 15.4. The predicted molar refractivity (Wildman–Crippen MR) is 149 cm³/mol. The van der Waals surface area contributed by atoms with E-state index >= 15 is 0 Å². The zero-order valence-electron chi connectivity index (χ0n) is 21.2. The van der Waals surface area contributed by atoms with Gasteiger partial charge in [0, 0.05) is 23.9 Å². The summed E-state index contributed by atoms with van der Waals surface area (Å²) in [5.74, 6) is -1.42. The number of thiophene rings is 1. The lowest BCUT2D eigenvalue weighted by molar-refractivity contribution is -0.122. The van der Waals surface area contributed by atoms with Gasteiger partial charge in [-0.15, -0.1) is 11.3 Å². The molecule has 206 valence electrons. The Morgan fingerprint density at radius 2 is 1.89 bits per heavy atom. The van der Waals surface area contributed by atoms with Crippen molar-refractivity contribution in [3.8, 4) is 0 Å². The second-order valence-corrected chi connectivity index (χ2v) is 13.0. The van der Waals surface area contributed by atoms with Crippen molar-refractivity contribution in [2.24, 2.45) is 0 Å². The molecule has 6 nitrogen and oxygen atoms in total. The summed E-state index contributed by atoms with van der Waals surface area (Å²) in [6, 6.07) is 11.7. The summed E-state index contributed by atoms with van der Waals surface area (Å²) in [5.41, 5.74) is 3.26. The quantitative estimate of drug-likeness (QED) is 0.220. The van der Waals surface area contributed by atoms with E-state index < -0.39 is 40.4 Å². The highest BCUT2D eigenvalue weighted by Gasteiger charge is 2.31. The largest absolute Gasteiger partial charge is 0.390 e. The molecule has 2 heterocycles. The number of carbonyl (C=O) groups excluding carboxylic acids is 1. The Hall–Kier alpha value is -2.34. The van der Waals surface area contributed by atoms with Crippen molar-refractivity contribution in [1.82, 2.24) is 10.6 Å². The summed E-state index contributed by atoms with van der Waals surface area (Å²) in [7, 11) is -2.84. The first kappa shape index (κ1) is 28.7. The topological polar surface area (TPSA) is 102 Å². The lowest BCUT2D eigenvalue weighted by atomic mass is 9.97. The molecule has 1 aliphatic heterocycles. The summed E-state index contributed by atoms with van der Waals surface area (Å²) in [4.78, 5) is 13.8. The van der Waals surface area contributed by atoms with E-state index in [0.29, 0.717) is 12.0 Å². The number of nitrogens with one attached hydrogen (secondary N) is 2. The number of amides is 1. The minimum absolute atomic E-state index is 0.0265. The molecule has 0 spiro atoms. The number of aliphatic hydroxyl groups excluding tert-OH is 1. The Balaban J connectivity index is 1.48. The van der Waals surface area contributed by atoms with Crippen molar-refractivity contribution in [1.29, 1.82) is 0 Å². The summed E-state index contributed by atoms with van der Waals surface area (Å²) in [6.07, 6.45) is 0.524. The van der Waals surface area contributed by atoms with E-state index in [-0.39, 0.29) is 36.8 Å². The maximum atomic E-state index is 13.8. The Bertz CT molecular complexity index is 1220. The molecule has 0 fully saturated rings. The predicted octanol–water partition coefficient (Wildman–Crippen LogP) is 5.20. The fourth-order valence-electron chi connectivity index (χ4n) is 4.80. The van der Waals surface area contributed by atoms with E-state index in [1.807, 2.05) is 42.6 Å². The van der Waals surface area contributed by atoms with Gasteiger partial charge in [-0.05, 0) is 65.1 Å². The molecule has 0 saturated carbocycles. The van der Waals surface area contributed by atoms with Crippen LogP contribution in [-0.4, -0.2) is 44.6 Å². The van der Waals surface area contributed by atoms with Crippen LogP contribution < -0.4 is 10.6 Å². The molecule has 38 heavy (non-hydrogen) atoms. The Morgan fingerprint density at radius 3 is 2.58 bits per heavy atom. The van der Waals surface area contributed by atoms with Gasteiger partial charge in [-0.2, -0.15) is 10.6 Å². The molecule has 0 unspecified atom stereocenters. The van der Waals surface area contributed by atoms with Crippen molar-refractivity contribution < 1.29 is 27.8 Å². The first-order valence-electron chi connectivity index (χ1n) is 12.7. The van der Waals surface area contributed by atoms with Gasteiger partial charge in [0.05, 0.1) is 29.7 Å². The van der Waals surface area contributed by atoms with Crippen molar-refractivity contribution in [2.45, 2.75) is 56.5 Å². The standard InChI is InChI=1S/C28H34F2N2O4S2/c1-2-18-5-6-20-16-38(35,36)17-26(24(20)12-18)31-15-27(33)25(13-19-10-21(29)14-22(30)11-19)32-28(34)8-7-23-4-3-9-37-23/h3-6,9-12,14,25-27,31,33,35-36H,2,7-8,13,15-17H2,1H3,(H,32,34)/t25-,26-,27+/m0/s1. The fraction of sp³-hybridized carbons (Fsp3) is 0.393. The van der Waals surface area contributed by atoms with E-state index in [9.17, 15) is 27.8 Å². The third kappa shape index (κ3) is 7.84. The van der Waals surface area contributed by atoms with Crippen LogP contribution >= 0.6 is 21.9 Å². The van der Waals surface area contributed by atoms with Gasteiger partial charge in [0.15, 0.2) is 0 Å². The number of aliphatic hydroxyl groups is 1. The Kier molecular flexibility index (Phi) is 9.56. The highest BCUT2D eigenvalue weighted by Crippen LogP contribution is 2.50. The molecular weight excluding hydrogens is 530 g/mol. The molecule has 1 amide bonds. The van der Waals surface area contributed by atoms with Gasteiger partial charge in [-0.3, -0.25) is 13.9 Å². The molecule has 10 heteroatoms. The van der Waals surface area contributed by atoms with Crippen LogP contribution in [0.3, 0.4) is 0 Å². The van der Waals surface area contributed by atoms with Crippen molar-refractivity contribution in [3.63, 3.8) is 0 Å². The third-order valence-electron chi connectivity index (χ3n) is 6.75. The van der Waals surface area contributed by atoms with Crippen LogP contribution in [0.2, 0.25) is 0 Å². The molecule has 0 saturated heterocycles. The highest BCUT2D eigenvalue weighted by atomic mass is 32.3. The summed E-state index contributed by atoms with van der Waals surface area (Å²) < 4.78 is 48.7. The number of aryl methyl sites for hydroxylation is 2. The monoisotopic (exact) mass is 564 g/mol. The number of carbonyl (C=O) groups is 1. The SMILES string of the molecule is CCc1ccc2c(c1)[C@@H](NC[C@@H](O)[C@H](Cc1cc(F)cc(F)c1)NC(=O)CCc1cccs1)CS(O)(O)C2. The fourth-order valence-corrected chi connectivity index (χ4v) is 7.21. The van der Waals surface area contributed by atoms with Crippen LogP contribution in [0, 0.1) is 11.6 Å². The summed E-state index contributed by atoms with van der Waals surface area (Å²) in [5, 5.41) is 19.2. The molecule has 3 atom stereocenters. The normalized spacial score (nSPS) is 18.8. The second-order valence-electron chi connectivity index (χ2n) is 9.76. The number of benzene rings is 2. The molecule has 1 aromatic heterocycles. The van der Waals surface area contributed by atoms with Gasteiger partial charge in [-0.1, -0.05) is 31.2 Å². The van der Waals surface area contributed by atoms with Crippen LogP contribution in [0.15, 0.2) is 53.9 Å². The van der Waals surface area contributed by atoms with E-state index in [0.717, 1.165) is 34.1 Å². The van der Waals surface area contributed by atoms with Gasteiger partial charge in [0.2, 0.25) is 5.91 Å². The van der Waals surface area contributed by atoms with Crippen LogP contribution in [0.1, 0.15) is 46.5 Å². The molecule has 3 aromatic rings. The molecule has 1 aliphatic rings. The summed E-state index contributed by atoms with van der Waals surface area (Å²) in [6.45, 7) is 2.08. The molecule has 0 radical (unpaired) electrons. The molecule has 0 aliphatic carbocycles. The average molecular weight is 565 g/mol. The Labute approximate surface area is 227 Å². The van der Waals surface area contributed by atoms with Crippen molar-refractivity contribution in [2.75, 3.05) is 12.3 Å². The number of halogens is 2. The molecule has 4 rings (SSSR count). The van der Waals surface area contributed by atoms with Gasteiger partial charge in [0.1, 0.15) is 11.6 Å². The van der Waals surface area contributed by atoms with E-state index in [1.165, 1.54) is 12.1 Å². The lowest BCUT2D eigenvalue weighted by Crippen LogP contribution is -2.49. The smallest absolute Gasteiger partial charge is 0.220 e. The average Bonchev–Trinajstić information content (AvgIpc) is 3.38. The number of fused-ring (bicyclic) bond motifs is 1. The van der Waals surface area contributed by atoms with E-state index in [4.69, 9.17) is 0 Å². The van der Waals surface area contributed by atoms with E-state index in [2.05, 4.69) is 10.6 Å². The zero-order chi connectivity index (χ0) is 27.3. The maximum Gasteiger partial charge on any atom is 0.220 e. The third-order valence-corrected chi connectivity index (χ3v) is 9.33. The van der Waals surface area contributed by atoms with Crippen molar-refractivity contribution >= 4 is 27.8 Å². The minimum Gasteiger partial charge on any atom is -0.390 e. The second kappa shape index (κ2) is 12.7. The molecule has 0 bridgehead atoms. The van der Waals surface area contributed by atoms with Gasteiger partial charge < -0.3 is 15.7 Å². The van der Waals surface area contributed by atoms with Gasteiger partial charge in [0.25, 0.3) is 0 Å². The van der Waals surface area contributed by atoms with E-state index in [1.54, 1.807) is 11.3 Å². The Morgan fingerprint density at radius 1 is 1.13 bits per heavy atom. The highest BCUT2D eigenvalue weighted by molar-refractivity contribution is 8.23. The van der Waals surface area contributed by atoms with Crippen LogP contribution in [-0.2, 0) is 29.8 Å². The minimum atomic E-state index is -2.84. The number of rotatable bonds is 11. The van der Waals surface area contributed by atoms with Gasteiger partial charge in [-0.25, -0.2) is 8.78 Å².